The lowest BCUT2D eigenvalue weighted by molar-refractivity contribution is -0.122. The van der Waals surface area contributed by atoms with Crippen LogP contribution in [0.5, 0.6) is 0 Å². The van der Waals surface area contributed by atoms with Crippen molar-refractivity contribution in [1.29, 1.82) is 0 Å². The molecule has 0 saturated heterocycles. The Kier molecular flexibility index (Phi) is 5.80. The molecule has 21 heavy (non-hydrogen) atoms. The van der Waals surface area contributed by atoms with Gasteiger partial charge in [-0.3, -0.25) is 4.79 Å². The van der Waals surface area contributed by atoms with E-state index in [2.05, 4.69) is 19.9 Å². The zero-order valence-corrected chi connectivity index (χ0v) is 13.3. The zero-order chi connectivity index (χ0) is 15.2. The molecule has 0 fully saturated rings. The second kappa shape index (κ2) is 7.60. The van der Waals surface area contributed by atoms with Gasteiger partial charge in [0.25, 0.3) is 0 Å². The van der Waals surface area contributed by atoms with E-state index in [-0.39, 0.29) is 17.9 Å². The van der Waals surface area contributed by atoms with Gasteiger partial charge in [-0.25, -0.2) is 0 Å². The Balaban J connectivity index is 2.25. The molecular formula is C18H28N2O. The third kappa shape index (κ3) is 3.65. The van der Waals surface area contributed by atoms with Crippen molar-refractivity contribution in [2.45, 2.75) is 58.4 Å². The summed E-state index contributed by atoms with van der Waals surface area (Å²) in [6.07, 6.45) is 6.11. The van der Waals surface area contributed by atoms with Crippen molar-refractivity contribution in [3.63, 3.8) is 0 Å². The van der Waals surface area contributed by atoms with Crippen molar-refractivity contribution in [2.75, 3.05) is 11.4 Å². The van der Waals surface area contributed by atoms with Gasteiger partial charge in [-0.05, 0) is 37.3 Å². The molecule has 2 rings (SSSR count). The molecule has 3 nitrogen and oxygen atoms in total. The van der Waals surface area contributed by atoms with E-state index in [9.17, 15) is 4.79 Å². The highest BCUT2D eigenvalue weighted by atomic mass is 16.2. The van der Waals surface area contributed by atoms with Crippen LogP contribution >= 0.6 is 0 Å². The van der Waals surface area contributed by atoms with Crippen LogP contribution in [0.3, 0.4) is 0 Å². The van der Waals surface area contributed by atoms with Crippen LogP contribution in [-0.2, 0) is 4.79 Å². The van der Waals surface area contributed by atoms with Gasteiger partial charge >= 0.3 is 0 Å². The second-order valence-electron chi connectivity index (χ2n) is 6.04. The van der Waals surface area contributed by atoms with Gasteiger partial charge in [-0.15, -0.1) is 0 Å². The van der Waals surface area contributed by atoms with Gasteiger partial charge in [-0.2, -0.15) is 0 Å². The van der Waals surface area contributed by atoms with Crippen molar-refractivity contribution < 1.29 is 4.79 Å². The van der Waals surface area contributed by atoms with Crippen molar-refractivity contribution >= 4 is 11.6 Å². The molecule has 2 atom stereocenters. The van der Waals surface area contributed by atoms with Gasteiger partial charge in [0, 0.05) is 24.2 Å². The van der Waals surface area contributed by atoms with Crippen LogP contribution in [0.2, 0.25) is 0 Å². The minimum atomic E-state index is 0.0507. The van der Waals surface area contributed by atoms with E-state index < -0.39 is 0 Å². The largest absolute Gasteiger partial charge is 0.324 e. The molecule has 0 saturated carbocycles. The fourth-order valence-electron chi connectivity index (χ4n) is 3.19. The topological polar surface area (TPSA) is 46.3 Å². The molecule has 1 aromatic carbocycles. The molecule has 116 valence electrons. The molecule has 2 unspecified atom stereocenters. The van der Waals surface area contributed by atoms with E-state index in [1.54, 1.807) is 0 Å². The first-order valence-electron chi connectivity index (χ1n) is 8.34. The number of rotatable bonds is 5. The van der Waals surface area contributed by atoms with Crippen LogP contribution in [-0.4, -0.2) is 12.5 Å². The molecule has 0 bridgehead atoms. The first-order chi connectivity index (χ1) is 10.2. The number of benzene rings is 1. The van der Waals surface area contributed by atoms with Gasteiger partial charge < -0.3 is 10.6 Å². The van der Waals surface area contributed by atoms with E-state index in [0.717, 1.165) is 56.3 Å². The lowest BCUT2D eigenvalue weighted by Crippen LogP contribution is -2.36. The lowest BCUT2D eigenvalue weighted by Gasteiger charge is -2.27. The number of para-hydroxylation sites is 1. The van der Waals surface area contributed by atoms with E-state index in [0.29, 0.717) is 0 Å². The van der Waals surface area contributed by atoms with Crippen LogP contribution in [0.15, 0.2) is 24.3 Å². The summed E-state index contributed by atoms with van der Waals surface area (Å²) >= 11 is 0. The number of carbonyl (C=O) groups is 1. The summed E-state index contributed by atoms with van der Waals surface area (Å²) < 4.78 is 0. The number of unbranched alkanes of at least 4 members (excludes halogenated alkanes) is 1. The van der Waals surface area contributed by atoms with E-state index in [1.165, 1.54) is 0 Å². The molecule has 0 aliphatic carbocycles. The maximum absolute atomic E-state index is 12.9. The third-order valence-corrected chi connectivity index (χ3v) is 4.54. The average molecular weight is 288 g/mol. The molecule has 2 N–H and O–H groups in total. The maximum atomic E-state index is 12.9. The SMILES string of the molecule is CCCCC(CC)C(=O)N1CCCC(N)c2ccccc21. The number of hydrogen-bond donors (Lipinski definition) is 1. The minimum Gasteiger partial charge on any atom is -0.324 e. The smallest absolute Gasteiger partial charge is 0.230 e. The standard InChI is InChI=1S/C18H28N2O/c1-3-5-9-14(4-2)18(21)20-13-8-11-16(19)15-10-6-7-12-17(15)20/h6-7,10,12,14,16H,3-5,8-9,11,13,19H2,1-2H3. The molecule has 0 aromatic heterocycles. The Morgan fingerprint density at radius 1 is 1.38 bits per heavy atom. The number of hydrogen-bond acceptors (Lipinski definition) is 2. The molecule has 0 spiro atoms. The van der Waals surface area contributed by atoms with Crippen molar-refractivity contribution in [3.05, 3.63) is 29.8 Å². The summed E-state index contributed by atoms with van der Waals surface area (Å²) in [5.41, 5.74) is 8.41. The number of amides is 1. The van der Waals surface area contributed by atoms with Crippen LogP contribution in [0, 0.1) is 5.92 Å². The number of nitrogens with two attached hydrogens (primary N) is 1. The van der Waals surface area contributed by atoms with Gasteiger partial charge in [0.15, 0.2) is 0 Å². The average Bonchev–Trinajstić information content (AvgIpc) is 2.67. The predicted octanol–water partition coefficient (Wildman–Crippen LogP) is 4.03. The van der Waals surface area contributed by atoms with Crippen LogP contribution in [0.4, 0.5) is 5.69 Å². The molecule has 1 amide bonds. The highest BCUT2D eigenvalue weighted by Gasteiger charge is 2.28. The Labute approximate surface area is 128 Å². The Morgan fingerprint density at radius 3 is 2.86 bits per heavy atom. The monoisotopic (exact) mass is 288 g/mol. The zero-order valence-electron chi connectivity index (χ0n) is 13.3. The van der Waals surface area contributed by atoms with Gasteiger partial charge in [-0.1, -0.05) is 44.9 Å². The summed E-state index contributed by atoms with van der Waals surface area (Å²) in [5.74, 6) is 0.430. The predicted molar refractivity (Wildman–Crippen MR) is 88.3 cm³/mol. The minimum absolute atomic E-state index is 0.0507. The van der Waals surface area contributed by atoms with Gasteiger partial charge in [0.1, 0.15) is 0 Å². The maximum Gasteiger partial charge on any atom is 0.230 e. The number of nitrogens with zero attached hydrogens (tertiary/aromatic N) is 1. The highest BCUT2D eigenvalue weighted by Crippen LogP contribution is 2.33. The van der Waals surface area contributed by atoms with Crippen LogP contribution in [0.1, 0.15) is 64.0 Å². The first-order valence-corrected chi connectivity index (χ1v) is 8.34. The van der Waals surface area contributed by atoms with E-state index >= 15 is 0 Å². The summed E-state index contributed by atoms with van der Waals surface area (Å²) in [7, 11) is 0. The second-order valence-corrected chi connectivity index (χ2v) is 6.04. The fraction of sp³-hybridized carbons (Fsp3) is 0.611. The normalized spacial score (nSPS) is 19.8. The first kappa shape index (κ1) is 16.0. The van der Waals surface area contributed by atoms with Crippen LogP contribution in [0.25, 0.3) is 0 Å². The Hall–Kier alpha value is -1.35. The molecule has 1 aliphatic rings. The summed E-state index contributed by atoms with van der Waals surface area (Å²) in [6, 6.07) is 8.18. The summed E-state index contributed by atoms with van der Waals surface area (Å²) in [4.78, 5) is 14.9. The quantitative estimate of drug-likeness (QED) is 0.889. The van der Waals surface area contributed by atoms with Gasteiger partial charge in [0.05, 0.1) is 0 Å². The molecule has 3 heteroatoms. The summed E-state index contributed by atoms with van der Waals surface area (Å²) in [5, 5.41) is 0. The van der Waals surface area contributed by atoms with Crippen molar-refractivity contribution in [1.82, 2.24) is 0 Å². The van der Waals surface area contributed by atoms with Gasteiger partial charge in [0.2, 0.25) is 5.91 Å². The molecule has 1 heterocycles. The summed E-state index contributed by atoms with van der Waals surface area (Å²) in [6.45, 7) is 5.09. The fourth-order valence-corrected chi connectivity index (χ4v) is 3.19. The van der Waals surface area contributed by atoms with Crippen molar-refractivity contribution in [3.8, 4) is 0 Å². The molecule has 1 aliphatic heterocycles. The number of fused-ring (bicyclic) bond motifs is 1. The molecule has 0 radical (unpaired) electrons. The molecular weight excluding hydrogens is 260 g/mol. The molecule has 1 aromatic rings. The Bertz CT molecular complexity index is 472. The third-order valence-electron chi connectivity index (χ3n) is 4.54. The van der Waals surface area contributed by atoms with Crippen molar-refractivity contribution in [2.24, 2.45) is 11.7 Å². The van der Waals surface area contributed by atoms with Crippen LogP contribution < -0.4 is 10.6 Å². The lowest BCUT2D eigenvalue weighted by atomic mass is 9.97. The number of anilines is 1. The number of carbonyl (C=O) groups excluding carboxylic acids is 1. The van der Waals surface area contributed by atoms with E-state index in [4.69, 9.17) is 5.73 Å². The highest BCUT2D eigenvalue weighted by molar-refractivity contribution is 5.96. The Morgan fingerprint density at radius 2 is 2.14 bits per heavy atom. The van der Waals surface area contributed by atoms with E-state index in [1.807, 2.05) is 23.1 Å².